The van der Waals surface area contributed by atoms with Crippen molar-refractivity contribution in [1.82, 2.24) is 0 Å². The molecule has 3 nitrogen and oxygen atoms in total. The number of aryl methyl sites for hydroxylation is 1. The Bertz CT molecular complexity index is 487. The van der Waals surface area contributed by atoms with Crippen LogP contribution in [0.5, 0.6) is 0 Å². The first-order valence-electron chi connectivity index (χ1n) is 6.23. The molecule has 0 aliphatic heterocycles. The van der Waals surface area contributed by atoms with E-state index in [1.54, 1.807) is 0 Å². The van der Waals surface area contributed by atoms with Gasteiger partial charge in [0.25, 0.3) is 0 Å². The third-order valence-corrected chi connectivity index (χ3v) is 3.00. The van der Waals surface area contributed by atoms with Crippen molar-refractivity contribution in [3.05, 3.63) is 53.5 Å². The molecule has 2 rings (SSSR count). The van der Waals surface area contributed by atoms with E-state index >= 15 is 0 Å². The highest BCUT2D eigenvalue weighted by Crippen LogP contribution is 2.19. The minimum absolute atomic E-state index is 0.0450. The second kappa shape index (κ2) is 5.74. The van der Waals surface area contributed by atoms with Crippen molar-refractivity contribution in [2.75, 3.05) is 11.4 Å². The highest BCUT2D eigenvalue weighted by Gasteiger charge is 2.08. The van der Waals surface area contributed by atoms with E-state index in [9.17, 15) is 0 Å². The fourth-order valence-electron chi connectivity index (χ4n) is 1.92. The van der Waals surface area contributed by atoms with Gasteiger partial charge in [-0.15, -0.1) is 0 Å². The number of aliphatic hydroxyl groups excluding tert-OH is 1. The second-order valence-electron chi connectivity index (χ2n) is 4.38. The minimum Gasteiger partial charge on any atom is -0.462 e. The van der Waals surface area contributed by atoms with Crippen LogP contribution in [-0.2, 0) is 13.2 Å². The van der Waals surface area contributed by atoms with E-state index in [0.717, 1.165) is 18.8 Å². The Hall–Kier alpha value is -1.74. The standard InChI is InChI=1S/C15H19NO2/c1-3-16(13-6-4-12(2)5-7-13)10-14-8-9-15(11-17)18-14/h4-9,17H,3,10-11H2,1-2H3. The van der Waals surface area contributed by atoms with Crippen LogP contribution in [0.1, 0.15) is 24.0 Å². The van der Waals surface area contributed by atoms with E-state index < -0.39 is 0 Å². The quantitative estimate of drug-likeness (QED) is 0.879. The summed E-state index contributed by atoms with van der Waals surface area (Å²) >= 11 is 0. The second-order valence-corrected chi connectivity index (χ2v) is 4.38. The van der Waals surface area contributed by atoms with Crippen LogP contribution >= 0.6 is 0 Å². The van der Waals surface area contributed by atoms with E-state index in [4.69, 9.17) is 9.52 Å². The molecule has 0 spiro atoms. The highest BCUT2D eigenvalue weighted by molar-refractivity contribution is 5.47. The average molecular weight is 245 g/mol. The zero-order chi connectivity index (χ0) is 13.0. The monoisotopic (exact) mass is 245 g/mol. The third kappa shape index (κ3) is 2.93. The van der Waals surface area contributed by atoms with Crippen LogP contribution in [0, 0.1) is 6.92 Å². The van der Waals surface area contributed by atoms with Crippen molar-refractivity contribution >= 4 is 5.69 Å². The van der Waals surface area contributed by atoms with Crippen LogP contribution in [0.25, 0.3) is 0 Å². The van der Waals surface area contributed by atoms with Gasteiger partial charge >= 0.3 is 0 Å². The first-order valence-corrected chi connectivity index (χ1v) is 6.23. The van der Waals surface area contributed by atoms with Crippen molar-refractivity contribution in [1.29, 1.82) is 0 Å². The van der Waals surface area contributed by atoms with Gasteiger partial charge in [0.15, 0.2) is 0 Å². The van der Waals surface area contributed by atoms with Crippen molar-refractivity contribution in [3.63, 3.8) is 0 Å². The molecule has 3 heteroatoms. The van der Waals surface area contributed by atoms with E-state index in [1.165, 1.54) is 11.3 Å². The molecule has 0 amide bonds. The molecule has 1 heterocycles. The Morgan fingerprint density at radius 3 is 2.28 bits per heavy atom. The Labute approximate surface area is 108 Å². The van der Waals surface area contributed by atoms with Crippen molar-refractivity contribution in [3.8, 4) is 0 Å². The Kier molecular flexibility index (Phi) is 4.05. The van der Waals surface area contributed by atoms with Crippen LogP contribution in [0.4, 0.5) is 5.69 Å². The molecule has 18 heavy (non-hydrogen) atoms. The lowest BCUT2D eigenvalue weighted by atomic mass is 10.2. The number of hydrogen-bond donors (Lipinski definition) is 1. The van der Waals surface area contributed by atoms with Crippen LogP contribution in [0.15, 0.2) is 40.8 Å². The molecule has 0 saturated carbocycles. The molecule has 0 bridgehead atoms. The molecule has 0 saturated heterocycles. The number of anilines is 1. The van der Waals surface area contributed by atoms with Gasteiger partial charge in [-0.1, -0.05) is 17.7 Å². The summed E-state index contributed by atoms with van der Waals surface area (Å²) in [6.07, 6.45) is 0. The number of aliphatic hydroxyl groups is 1. The minimum atomic E-state index is -0.0450. The summed E-state index contributed by atoms with van der Waals surface area (Å²) in [7, 11) is 0. The third-order valence-electron chi connectivity index (χ3n) is 3.00. The molecular formula is C15H19NO2. The molecule has 2 aromatic rings. The van der Waals surface area contributed by atoms with E-state index in [0.29, 0.717) is 5.76 Å². The normalized spacial score (nSPS) is 10.6. The highest BCUT2D eigenvalue weighted by atomic mass is 16.4. The van der Waals surface area contributed by atoms with Crippen molar-refractivity contribution in [2.24, 2.45) is 0 Å². The number of furan rings is 1. The smallest absolute Gasteiger partial charge is 0.129 e. The summed E-state index contributed by atoms with van der Waals surface area (Å²) in [5, 5.41) is 8.98. The fraction of sp³-hybridized carbons (Fsp3) is 0.333. The van der Waals surface area contributed by atoms with Gasteiger partial charge < -0.3 is 14.4 Å². The van der Waals surface area contributed by atoms with E-state index in [1.807, 2.05) is 12.1 Å². The first kappa shape index (κ1) is 12.7. The predicted octanol–water partition coefficient (Wildman–Crippen LogP) is 3.11. The van der Waals surface area contributed by atoms with Gasteiger partial charge in [-0.2, -0.15) is 0 Å². The summed E-state index contributed by atoms with van der Waals surface area (Å²) in [4.78, 5) is 2.24. The molecule has 0 atom stereocenters. The Morgan fingerprint density at radius 1 is 1.06 bits per heavy atom. The van der Waals surface area contributed by atoms with Gasteiger partial charge in [-0.05, 0) is 38.1 Å². The van der Waals surface area contributed by atoms with Gasteiger partial charge in [-0.3, -0.25) is 0 Å². The van der Waals surface area contributed by atoms with Gasteiger partial charge in [0.1, 0.15) is 18.1 Å². The molecule has 0 aliphatic rings. The molecule has 1 aromatic carbocycles. The first-order chi connectivity index (χ1) is 8.72. The fourth-order valence-corrected chi connectivity index (χ4v) is 1.92. The van der Waals surface area contributed by atoms with Crippen LogP contribution in [0.2, 0.25) is 0 Å². The van der Waals surface area contributed by atoms with Crippen molar-refractivity contribution in [2.45, 2.75) is 27.0 Å². The molecule has 0 aliphatic carbocycles. The van der Waals surface area contributed by atoms with Crippen LogP contribution in [0.3, 0.4) is 0 Å². The Balaban J connectivity index is 2.11. The van der Waals surface area contributed by atoms with Crippen LogP contribution < -0.4 is 4.90 Å². The van der Waals surface area contributed by atoms with Gasteiger partial charge in [-0.25, -0.2) is 0 Å². The predicted molar refractivity (Wildman–Crippen MR) is 72.5 cm³/mol. The largest absolute Gasteiger partial charge is 0.462 e. The average Bonchev–Trinajstić information content (AvgIpc) is 2.85. The SMILES string of the molecule is CCN(Cc1ccc(CO)o1)c1ccc(C)cc1. The molecule has 0 fully saturated rings. The lowest BCUT2D eigenvalue weighted by molar-refractivity contribution is 0.243. The maximum absolute atomic E-state index is 8.98. The summed E-state index contributed by atoms with van der Waals surface area (Å²) in [6, 6.07) is 12.2. The van der Waals surface area contributed by atoms with Crippen molar-refractivity contribution < 1.29 is 9.52 Å². The zero-order valence-corrected chi connectivity index (χ0v) is 10.9. The molecule has 0 unspecified atom stereocenters. The number of benzene rings is 1. The van der Waals surface area contributed by atoms with E-state index in [-0.39, 0.29) is 6.61 Å². The Morgan fingerprint density at radius 2 is 1.72 bits per heavy atom. The van der Waals surface area contributed by atoms with Gasteiger partial charge in [0.2, 0.25) is 0 Å². The lowest BCUT2D eigenvalue weighted by Gasteiger charge is -2.22. The molecule has 0 radical (unpaired) electrons. The molecule has 96 valence electrons. The summed E-state index contributed by atoms with van der Waals surface area (Å²) < 4.78 is 5.52. The topological polar surface area (TPSA) is 36.6 Å². The molecule has 1 N–H and O–H groups in total. The van der Waals surface area contributed by atoms with Gasteiger partial charge in [0, 0.05) is 12.2 Å². The number of nitrogens with zero attached hydrogens (tertiary/aromatic N) is 1. The summed E-state index contributed by atoms with van der Waals surface area (Å²) in [5.74, 6) is 1.49. The van der Waals surface area contributed by atoms with Crippen LogP contribution in [-0.4, -0.2) is 11.7 Å². The number of hydrogen-bond acceptors (Lipinski definition) is 3. The summed E-state index contributed by atoms with van der Waals surface area (Å²) in [5.41, 5.74) is 2.44. The van der Waals surface area contributed by atoms with Gasteiger partial charge in [0.05, 0.1) is 6.54 Å². The summed E-state index contributed by atoms with van der Waals surface area (Å²) in [6.45, 7) is 5.80. The molecular weight excluding hydrogens is 226 g/mol. The molecule has 1 aromatic heterocycles. The zero-order valence-electron chi connectivity index (χ0n) is 10.9. The maximum Gasteiger partial charge on any atom is 0.129 e. The number of rotatable bonds is 5. The lowest BCUT2D eigenvalue weighted by Crippen LogP contribution is -2.21. The maximum atomic E-state index is 8.98. The van der Waals surface area contributed by atoms with E-state index in [2.05, 4.69) is 43.0 Å².